The number of thioether (sulfide) groups is 1. The first-order valence-electron chi connectivity index (χ1n) is 12.0. The van der Waals surface area contributed by atoms with Crippen molar-refractivity contribution in [1.29, 1.82) is 0 Å². The van der Waals surface area contributed by atoms with Crippen molar-refractivity contribution in [3.63, 3.8) is 0 Å². The second kappa shape index (κ2) is 12.7. The summed E-state index contributed by atoms with van der Waals surface area (Å²) in [6.07, 6.45) is 2.85. The molecule has 1 fully saturated rings. The van der Waals surface area contributed by atoms with E-state index in [1.807, 2.05) is 6.92 Å². The lowest BCUT2D eigenvalue weighted by Crippen LogP contribution is -2.33. The van der Waals surface area contributed by atoms with Crippen molar-refractivity contribution in [3.8, 4) is 17.1 Å². The molecule has 1 atom stereocenters. The average molecular weight is 548 g/mol. The number of benzene rings is 2. The Morgan fingerprint density at radius 2 is 2.00 bits per heavy atom. The van der Waals surface area contributed by atoms with E-state index in [-0.39, 0.29) is 30.5 Å². The van der Waals surface area contributed by atoms with Crippen molar-refractivity contribution in [3.05, 3.63) is 89.2 Å². The molecule has 39 heavy (non-hydrogen) atoms. The zero-order valence-corrected chi connectivity index (χ0v) is 21.8. The summed E-state index contributed by atoms with van der Waals surface area (Å²) in [7, 11) is 0. The molecule has 3 aromatic rings. The number of furan rings is 1. The number of carbonyl (C=O) groups is 2. The summed E-state index contributed by atoms with van der Waals surface area (Å²) in [5.74, 6) is 0.751. The summed E-state index contributed by atoms with van der Waals surface area (Å²) in [5.41, 5.74) is 0.863. The van der Waals surface area contributed by atoms with Gasteiger partial charge in [-0.05, 0) is 49.4 Å². The normalized spacial score (nSPS) is 16.1. The number of anilines is 1. The van der Waals surface area contributed by atoms with Gasteiger partial charge in [0.05, 0.1) is 23.3 Å². The molecule has 1 saturated heterocycles. The molecule has 0 saturated carbocycles. The number of amidine groups is 1. The van der Waals surface area contributed by atoms with Gasteiger partial charge in [0, 0.05) is 24.7 Å². The molecule has 11 nitrogen and oxygen atoms in total. The van der Waals surface area contributed by atoms with Crippen molar-refractivity contribution in [1.82, 2.24) is 4.90 Å². The molecule has 1 aromatic heterocycles. The molecule has 12 heteroatoms. The fourth-order valence-corrected chi connectivity index (χ4v) is 4.84. The Balaban J connectivity index is 1.42. The van der Waals surface area contributed by atoms with Crippen LogP contribution in [0.25, 0.3) is 11.3 Å². The molecule has 1 aliphatic rings. The molecule has 2 aromatic carbocycles. The van der Waals surface area contributed by atoms with E-state index < -0.39 is 10.2 Å². The largest absolute Gasteiger partial charge is 0.494 e. The van der Waals surface area contributed by atoms with E-state index in [4.69, 9.17) is 9.15 Å². The Hall–Kier alpha value is -4.71. The predicted octanol–water partition coefficient (Wildman–Crippen LogP) is 5.10. The van der Waals surface area contributed by atoms with Gasteiger partial charge in [0.15, 0.2) is 5.17 Å². The number of amides is 2. The first-order valence-corrected chi connectivity index (χ1v) is 12.8. The Labute approximate surface area is 228 Å². The Morgan fingerprint density at radius 3 is 2.72 bits per heavy atom. The van der Waals surface area contributed by atoms with Crippen molar-refractivity contribution >= 4 is 46.3 Å². The number of nitro groups is 1. The van der Waals surface area contributed by atoms with Crippen LogP contribution in [-0.2, 0) is 9.59 Å². The van der Waals surface area contributed by atoms with E-state index >= 15 is 0 Å². The summed E-state index contributed by atoms with van der Waals surface area (Å²) in [6.45, 7) is 6.33. The van der Waals surface area contributed by atoms with Crippen LogP contribution in [0, 0.1) is 10.1 Å². The molecule has 1 aliphatic heterocycles. The molecule has 2 heterocycles. The molecule has 0 bridgehead atoms. The third-order valence-electron chi connectivity index (χ3n) is 5.47. The van der Waals surface area contributed by atoms with Crippen LogP contribution in [0.5, 0.6) is 5.75 Å². The lowest BCUT2D eigenvalue weighted by molar-refractivity contribution is -0.384. The smallest absolute Gasteiger partial charge is 0.280 e. The third-order valence-corrected chi connectivity index (χ3v) is 6.64. The van der Waals surface area contributed by atoms with E-state index in [1.54, 1.807) is 60.7 Å². The SMILES string of the molecule is C=CCN1C(=O)C(CC(=O)Nc2ccc(OCC)cc2)S/C1=N\N=C\c1ccc(-c2ccccc2[N+](=O)[O-])o1. The van der Waals surface area contributed by atoms with E-state index in [1.165, 1.54) is 17.2 Å². The van der Waals surface area contributed by atoms with Gasteiger partial charge in [0.2, 0.25) is 11.8 Å². The van der Waals surface area contributed by atoms with E-state index in [9.17, 15) is 19.7 Å². The Kier molecular flexibility index (Phi) is 8.90. The highest BCUT2D eigenvalue weighted by Gasteiger charge is 2.38. The van der Waals surface area contributed by atoms with Crippen LogP contribution in [0.15, 0.2) is 87.9 Å². The molecule has 0 spiro atoms. The van der Waals surface area contributed by atoms with Crippen LogP contribution in [0.1, 0.15) is 19.1 Å². The molecule has 200 valence electrons. The minimum atomic E-state index is -0.671. The summed E-state index contributed by atoms with van der Waals surface area (Å²) in [6, 6.07) is 16.4. The summed E-state index contributed by atoms with van der Waals surface area (Å²) >= 11 is 1.14. The highest BCUT2D eigenvalue weighted by atomic mass is 32.2. The predicted molar refractivity (Wildman–Crippen MR) is 150 cm³/mol. The van der Waals surface area contributed by atoms with Gasteiger partial charge in [0.25, 0.3) is 5.69 Å². The topological polar surface area (TPSA) is 140 Å². The number of hydrogen-bond donors (Lipinski definition) is 1. The van der Waals surface area contributed by atoms with Crippen LogP contribution in [0.3, 0.4) is 0 Å². The van der Waals surface area contributed by atoms with Crippen LogP contribution in [0.2, 0.25) is 0 Å². The second-order valence-electron chi connectivity index (χ2n) is 8.16. The van der Waals surface area contributed by atoms with Gasteiger partial charge < -0.3 is 14.5 Å². The third kappa shape index (κ3) is 6.79. The Morgan fingerprint density at radius 1 is 1.23 bits per heavy atom. The quantitative estimate of drug-likeness (QED) is 0.152. The number of nitrogens with zero attached hydrogens (tertiary/aromatic N) is 4. The molecular formula is C27H25N5O6S. The van der Waals surface area contributed by atoms with E-state index in [2.05, 4.69) is 22.1 Å². The molecule has 0 radical (unpaired) electrons. The minimum absolute atomic E-state index is 0.0511. The van der Waals surface area contributed by atoms with Crippen molar-refractivity contribution < 1.29 is 23.7 Å². The van der Waals surface area contributed by atoms with Gasteiger partial charge >= 0.3 is 0 Å². The van der Waals surface area contributed by atoms with Gasteiger partial charge in [-0.25, -0.2) is 0 Å². The maximum atomic E-state index is 12.9. The Bertz CT molecular complexity index is 1430. The molecule has 1 unspecified atom stereocenters. The molecule has 4 rings (SSSR count). The second-order valence-corrected chi connectivity index (χ2v) is 9.33. The number of carbonyl (C=O) groups excluding carboxylic acids is 2. The summed E-state index contributed by atoms with van der Waals surface area (Å²) < 4.78 is 11.1. The van der Waals surface area contributed by atoms with Gasteiger partial charge in [-0.3, -0.25) is 24.6 Å². The monoisotopic (exact) mass is 547 g/mol. The number of para-hydroxylation sites is 1. The van der Waals surface area contributed by atoms with E-state index in [0.717, 1.165) is 11.8 Å². The lowest BCUT2D eigenvalue weighted by atomic mass is 10.1. The summed E-state index contributed by atoms with van der Waals surface area (Å²) in [4.78, 5) is 37.8. The zero-order chi connectivity index (χ0) is 27.8. The fourth-order valence-electron chi connectivity index (χ4n) is 3.74. The zero-order valence-electron chi connectivity index (χ0n) is 21.0. The average Bonchev–Trinajstić information content (AvgIpc) is 3.51. The fraction of sp³-hybridized carbons (Fsp3) is 0.185. The highest BCUT2D eigenvalue weighted by molar-refractivity contribution is 8.15. The molecule has 1 N–H and O–H groups in total. The van der Waals surface area contributed by atoms with Crippen molar-refractivity contribution in [2.75, 3.05) is 18.5 Å². The lowest BCUT2D eigenvalue weighted by Gasteiger charge is -2.13. The van der Waals surface area contributed by atoms with Crippen molar-refractivity contribution in [2.24, 2.45) is 10.2 Å². The maximum Gasteiger partial charge on any atom is 0.280 e. The first kappa shape index (κ1) is 27.3. The van der Waals surface area contributed by atoms with Gasteiger partial charge in [-0.15, -0.1) is 11.7 Å². The van der Waals surface area contributed by atoms with Crippen molar-refractivity contribution in [2.45, 2.75) is 18.6 Å². The molecule has 2 amide bonds. The summed E-state index contributed by atoms with van der Waals surface area (Å²) in [5, 5.41) is 21.9. The van der Waals surface area contributed by atoms with E-state index in [0.29, 0.717) is 40.3 Å². The first-order chi connectivity index (χ1) is 18.9. The molecular weight excluding hydrogens is 522 g/mol. The minimum Gasteiger partial charge on any atom is -0.494 e. The van der Waals surface area contributed by atoms with Crippen LogP contribution in [-0.4, -0.2) is 51.4 Å². The number of nitrogens with one attached hydrogen (secondary N) is 1. The maximum absolute atomic E-state index is 12.9. The van der Waals surface area contributed by atoms with Gasteiger partial charge in [0.1, 0.15) is 22.5 Å². The number of hydrogen-bond acceptors (Lipinski definition) is 9. The standard InChI is InChI=1S/C27H25N5O6S/c1-3-15-31-26(34)24(16-25(33)29-18-9-11-19(12-10-18)37-4-2)39-27(31)30-28-17-20-13-14-23(38-20)21-7-5-6-8-22(21)32(35)36/h3,5-14,17,24H,1,4,15-16H2,2H3,(H,29,33)/b28-17+,30-27-. The number of nitro benzene ring substituents is 1. The number of rotatable bonds is 11. The van der Waals surface area contributed by atoms with Crippen LogP contribution in [0.4, 0.5) is 11.4 Å². The van der Waals surface area contributed by atoms with Crippen LogP contribution >= 0.6 is 11.8 Å². The molecule has 0 aliphatic carbocycles. The van der Waals surface area contributed by atoms with Gasteiger partial charge in [-0.2, -0.15) is 5.10 Å². The highest BCUT2D eigenvalue weighted by Crippen LogP contribution is 2.31. The number of ether oxygens (including phenoxy) is 1. The van der Waals surface area contributed by atoms with Gasteiger partial charge in [-0.1, -0.05) is 30.0 Å². The van der Waals surface area contributed by atoms with Crippen LogP contribution < -0.4 is 10.1 Å².